The Balaban J connectivity index is 1.98. The predicted octanol–water partition coefficient (Wildman–Crippen LogP) is 1.87. The highest BCUT2D eigenvalue weighted by atomic mass is 16.5. The number of anilines is 1. The van der Waals surface area contributed by atoms with E-state index < -0.39 is 0 Å². The topological polar surface area (TPSA) is 77.8 Å². The van der Waals surface area contributed by atoms with Gasteiger partial charge in [0.25, 0.3) is 0 Å². The Hall–Kier alpha value is -2.54. The van der Waals surface area contributed by atoms with Crippen LogP contribution in [0.1, 0.15) is 6.92 Å². The van der Waals surface area contributed by atoms with Crippen LogP contribution in [0, 0.1) is 0 Å². The standard InChI is InChI=1S/C15H18N6O/c1-3-22-9-8-17-14-12-10-18-21(2)15(12)20-13(19-14)11-4-6-16-7-5-11/h4-7,10H,3,8-9H2,1-2H3,(H,17,19,20). The summed E-state index contributed by atoms with van der Waals surface area (Å²) in [6.07, 6.45) is 5.23. The Bertz CT molecular complexity index is 755. The van der Waals surface area contributed by atoms with Crippen LogP contribution in [0.4, 0.5) is 5.82 Å². The Labute approximate surface area is 128 Å². The van der Waals surface area contributed by atoms with Crippen LogP contribution >= 0.6 is 0 Å². The molecule has 0 bridgehead atoms. The van der Waals surface area contributed by atoms with Gasteiger partial charge in [-0.1, -0.05) is 0 Å². The largest absolute Gasteiger partial charge is 0.380 e. The van der Waals surface area contributed by atoms with Crippen molar-refractivity contribution in [3.8, 4) is 11.4 Å². The van der Waals surface area contributed by atoms with Gasteiger partial charge in [0.1, 0.15) is 5.82 Å². The van der Waals surface area contributed by atoms with E-state index in [0.717, 1.165) is 22.4 Å². The molecule has 0 saturated carbocycles. The molecule has 0 saturated heterocycles. The van der Waals surface area contributed by atoms with E-state index in [1.807, 2.05) is 26.1 Å². The Morgan fingerprint density at radius 1 is 1.23 bits per heavy atom. The van der Waals surface area contributed by atoms with Gasteiger partial charge in [0.2, 0.25) is 0 Å². The van der Waals surface area contributed by atoms with Gasteiger partial charge in [-0.05, 0) is 19.1 Å². The van der Waals surface area contributed by atoms with Gasteiger partial charge in [0.15, 0.2) is 11.5 Å². The van der Waals surface area contributed by atoms with Gasteiger partial charge in [-0.15, -0.1) is 0 Å². The first-order valence-corrected chi connectivity index (χ1v) is 7.21. The van der Waals surface area contributed by atoms with Crippen molar-refractivity contribution in [1.82, 2.24) is 24.7 Å². The van der Waals surface area contributed by atoms with Gasteiger partial charge in [-0.2, -0.15) is 5.10 Å². The second-order valence-electron chi connectivity index (χ2n) is 4.76. The van der Waals surface area contributed by atoms with Crippen molar-refractivity contribution in [3.05, 3.63) is 30.7 Å². The molecule has 7 nitrogen and oxygen atoms in total. The van der Waals surface area contributed by atoms with E-state index in [4.69, 9.17) is 4.74 Å². The number of aryl methyl sites for hydroxylation is 1. The van der Waals surface area contributed by atoms with Crippen molar-refractivity contribution in [2.24, 2.45) is 7.05 Å². The number of nitrogens with one attached hydrogen (secondary N) is 1. The van der Waals surface area contributed by atoms with Gasteiger partial charge in [0, 0.05) is 38.2 Å². The number of pyridine rings is 1. The molecule has 114 valence electrons. The van der Waals surface area contributed by atoms with E-state index in [1.54, 1.807) is 23.3 Å². The van der Waals surface area contributed by atoms with Crippen LogP contribution in [0.5, 0.6) is 0 Å². The summed E-state index contributed by atoms with van der Waals surface area (Å²) in [5.41, 5.74) is 1.71. The SMILES string of the molecule is CCOCCNc1nc(-c2ccncc2)nc2c1cnn2C. The molecule has 7 heteroatoms. The first kappa shape index (κ1) is 14.4. The molecule has 0 aromatic carbocycles. The first-order valence-electron chi connectivity index (χ1n) is 7.21. The molecule has 0 spiro atoms. The van der Waals surface area contributed by atoms with Gasteiger partial charge in [-0.3, -0.25) is 9.67 Å². The summed E-state index contributed by atoms with van der Waals surface area (Å²) in [7, 11) is 1.87. The van der Waals surface area contributed by atoms with E-state index in [9.17, 15) is 0 Å². The van der Waals surface area contributed by atoms with Crippen LogP contribution < -0.4 is 5.32 Å². The number of hydrogen-bond acceptors (Lipinski definition) is 6. The summed E-state index contributed by atoms with van der Waals surface area (Å²) in [6.45, 7) is 4.00. The van der Waals surface area contributed by atoms with Crippen molar-refractivity contribution < 1.29 is 4.74 Å². The van der Waals surface area contributed by atoms with Crippen molar-refractivity contribution in [3.63, 3.8) is 0 Å². The van der Waals surface area contributed by atoms with E-state index in [2.05, 4.69) is 25.4 Å². The highest BCUT2D eigenvalue weighted by Gasteiger charge is 2.12. The third-order valence-electron chi connectivity index (χ3n) is 3.27. The molecular weight excluding hydrogens is 280 g/mol. The monoisotopic (exact) mass is 298 g/mol. The number of nitrogens with zero attached hydrogens (tertiary/aromatic N) is 5. The molecule has 0 fully saturated rings. The van der Waals surface area contributed by atoms with E-state index in [-0.39, 0.29) is 0 Å². The molecule has 3 rings (SSSR count). The fourth-order valence-electron chi connectivity index (χ4n) is 2.17. The molecule has 1 N–H and O–H groups in total. The highest BCUT2D eigenvalue weighted by Crippen LogP contribution is 2.23. The summed E-state index contributed by atoms with van der Waals surface area (Å²) in [6, 6.07) is 3.78. The molecule has 0 aliphatic heterocycles. The summed E-state index contributed by atoms with van der Waals surface area (Å²) < 4.78 is 7.10. The second kappa shape index (κ2) is 6.48. The minimum Gasteiger partial charge on any atom is -0.380 e. The summed E-state index contributed by atoms with van der Waals surface area (Å²) in [5, 5.41) is 8.47. The number of ether oxygens (including phenoxy) is 1. The average molecular weight is 298 g/mol. The smallest absolute Gasteiger partial charge is 0.164 e. The lowest BCUT2D eigenvalue weighted by Gasteiger charge is -2.09. The normalized spacial score (nSPS) is 11.0. The quantitative estimate of drug-likeness (QED) is 0.700. The minimum atomic E-state index is 0.632. The molecule has 0 radical (unpaired) electrons. The minimum absolute atomic E-state index is 0.632. The maximum absolute atomic E-state index is 5.35. The van der Waals surface area contributed by atoms with Crippen LogP contribution in [0.25, 0.3) is 22.4 Å². The average Bonchev–Trinajstić information content (AvgIpc) is 2.94. The fraction of sp³-hybridized carbons (Fsp3) is 0.333. The maximum Gasteiger partial charge on any atom is 0.164 e. The molecule has 0 aliphatic rings. The second-order valence-corrected chi connectivity index (χ2v) is 4.76. The van der Waals surface area contributed by atoms with Crippen molar-refractivity contribution >= 4 is 16.9 Å². The zero-order valence-electron chi connectivity index (χ0n) is 12.7. The van der Waals surface area contributed by atoms with E-state index in [1.165, 1.54) is 0 Å². The molecular formula is C15H18N6O. The van der Waals surface area contributed by atoms with Crippen molar-refractivity contribution in [1.29, 1.82) is 0 Å². The lowest BCUT2D eigenvalue weighted by Crippen LogP contribution is -2.11. The molecule has 3 aromatic rings. The van der Waals surface area contributed by atoms with Crippen LogP contribution in [-0.2, 0) is 11.8 Å². The molecule has 0 amide bonds. The Morgan fingerprint density at radius 2 is 2.05 bits per heavy atom. The van der Waals surface area contributed by atoms with E-state index in [0.29, 0.717) is 25.6 Å². The van der Waals surface area contributed by atoms with Gasteiger partial charge in [0.05, 0.1) is 18.2 Å². The lowest BCUT2D eigenvalue weighted by atomic mass is 10.2. The molecule has 0 atom stereocenters. The zero-order chi connectivity index (χ0) is 15.4. The van der Waals surface area contributed by atoms with Crippen LogP contribution in [0.2, 0.25) is 0 Å². The fourth-order valence-corrected chi connectivity index (χ4v) is 2.17. The van der Waals surface area contributed by atoms with Gasteiger partial charge < -0.3 is 10.1 Å². The number of rotatable bonds is 6. The maximum atomic E-state index is 5.35. The number of hydrogen-bond donors (Lipinski definition) is 1. The van der Waals surface area contributed by atoms with Crippen LogP contribution in [0.15, 0.2) is 30.7 Å². The highest BCUT2D eigenvalue weighted by molar-refractivity contribution is 5.88. The molecule has 3 aromatic heterocycles. The molecule has 3 heterocycles. The Morgan fingerprint density at radius 3 is 2.82 bits per heavy atom. The summed E-state index contributed by atoms with van der Waals surface area (Å²) in [5.74, 6) is 1.42. The predicted molar refractivity (Wildman–Crippen MR) is 84.5 cm³/mol. The third kappa shape index (κ3) is 2.89. The van der Waals surface area contributed by atoms with Crippen molar-refractivity contribution in [2.45, 2.75) is 6.92 Å². The van der Waals surface area contributed by atoms with Crippen LogP contribution in [-0.4, -0.2) is 44.5 Å². The summed E-state index contributed by atoms with van der Waals surface area (Å²) in [4.78, 5) is 13.3. The number of fused-ring (bicyclic) bond motifs is 1. The van der Waals surface area contributed by atoms with Gasteiger partial charge in [-0.25, -0.2) is 9.97 Å². The first-order chi connectivity index (χ1) is 10.8. The summed E-state index contributed by atoms with van der Waals surface area (Å²) >= 11 is 0. The van der Waals surface area contributed by atoms with Gasteiger partial charge >= 0.3 is 0 Å². The molecule has 0 unspecified atom stereocenters. The molecule has 0 aliphatic carbocycles. The van der Waals surface area contributed by atoms with Crippen molar-refractivity contribution in [2.75, 3.05) is 25.1 Å². The van der Waals surface area contributed by atoms with E-state index >= 15 is 0 Å². The molecule has 22 heavy (non-hydrogen) atoms. The Kier molecular flexibility index (Phi) is 4.24. The van der Waals surface area contributed by atoms with Crippen LogP contribution in [0.3, 0.4) is 0 Å². The zero-order valence-corrected chi connectivity index (χ0v) is 12.7. The lowest BCUT2D eigenvalue weighted by molar-refractivity contribution is 0.158. The third-order valence-corrected chi connectivity index (χ3v) is 3.27. The number of aromatic nitrogens is 5.